The molecule has 0 aliphatic rings. The first-order chi connectivity index (χ1) is 18.3. The average molecular weight is 625 g/mol. The van der Waals surface area contributed by atoms with E-state index in [-0.39, 0.29) is 17.4 Å². The van der Waals surface area contributed by atoms with Gasteiger partial charge in [0.05, 0.1) is 16.9 Å². The second-order valence-electron chi connectivity index (χ2n) is 9.82. The van der Waals surface area contributed by atoms with Gasteiger partial charge in [0.1, 0.15) is 28.9 Å². The highest BCUT2D eigenvalue weighted by molar-refractivity contribution is 9.10. The summed E-state index contributed by atoms with van der Waals surface area (Å²) in [6.45, 7) is 9.40. The molecule has 1 atom stereocenters. The van der Waals surface area contributed by atoms with Gasteiger partial charge < -0.3 is 19.4 Å². The van der Waals surface area contributed by atoms with Crippen LogP contribution in [0, 0.1) is 6.92 Å². The number of benzene rings is 1. The summed E-state index contributed by atoms with van der Waals surface area (Å²) in [4.78, 5) is 33.7. The maximum absolute atomic E-state index is 13.1. The Morgan fingerprint density at radius 1 is 1.13 bits per heavy atom. The van der Waals surface area contributed by atoms with E-state index in [1.54, 1.807) is 46.8 Å². The second-order valence-corrected chi connectivity index (χ2v) is 12.4. The number of carbonyl (C=O) groups excluding carboxylic acids is 2. The zero-order valence-electron chi connectivity index (χ0n) is 22.7. The normalized spacial score (nSPS) is 12.8. The number of nitrogens with zero attached hydrogens (tertiary/aromatic N) is 3. The van der Waals surface area contributed by atoms with Crippen molar-refractivity contribution in [3.05, 3.63) is 46.8 Å². The van der Waals surface area contributed by atoms with E-state index < -0.39 is 27.6 Å². The Balaban J connectivity index is 1.82. The molecule has 0 spiro atoms. The van der Waals surface area contributed by atoms with Gasteiger partial charge >= 0.3 is 11.9 Å². The number of aryl methyl sites for hydroxylation is 2. The van der Waals surface area contributed by atoms with Gasteiger partial charge in [-0.3, -0.25) is 9.59 Å². The lowest BCUT2D eigenvalue weighted by atomic mass is 10.2. The van der Waals surface area contributed by atoms with Crippen LogP contribution in [0.1, 0.15) is 46.4 Å². The molecule has 11 nitrogen and oxygen atoms in total. The number of nitrogens with one attached hydrogen (secondary N) is 2. The number of sulfonamides is 1. The smallest absolute Gasteiger partial charge is 0.326 e. The number of fused-ring (bicyclic) bond motifs is 1. The third kappa shape index (κ3) is 8.73. The molecule has 0 fully saturated rings. The van der Waals surface area contributed by atoms with Crippen LogP contribution < -0.4 is 10.0 Å². The first-order valence-electron chi connectivity index (χ1n) is 12.5. The van der Waals surface area contributed by atoms with E-state index in [4.69, 9.17) is 9.47 Å². The topological polar surface area (TPSA) is 142 Å². The van der Waals surface area contributed by atoms with E-state index >= 15 is 0 Å². The number of rotatable bonds is 12. The van der Waals surface area contributed by atoms with Crippen molar-refractivity contribution in [2.45, 2.75) is 70.5 Å². The van der Waals surface area contributed by atoms with E-state index in [2.05, 4.69) is 35.9 Å². The molecule has 0 saturated carbocycles. The molecule has 1 aromatic carbocycles. The van der Waals surface area contributed by atoms with E-state index in [0.29, 0.717) is 48.7 Å². The summed E-state index contributed by atoms with van der Waals surface area (Å²) >= 11 is 3.29. The molecule has 2 N–H and O–H groups in total. The van der Waals surface area contributed by atoms with Crippen LogP contribution in [-0.4, -0.2) is 59.7 Å². The number of carbonyl (C=O) groups is 2. The molecule has 1 unspecified atom stereocenters. The summed E-state index contributed by atoms with van der Waals surface area (Å²) in [5.74, 6) is -0.0483. The quantitative estimate of drug-likeness (QED) is 0.287. The minimum atomic E-state index is -4.04. The van der Waals surface area contributed by atoms with Crippen LogP contribution in [0.2, 0.25) is 0 Å². The van der Waals surface area contributed by atoms with Crippen molar-refractivity contribution >= 4 is 54.7 Å². The first-order valence-corrected chi connectivity index (χ1v) is 14.8. The van der Waals surface area contributed by atoms with Crippen molar-refractivity contribution in [2.24, 2.45) is 0 Å². The molecule has 0 aliphatic heterocycles. The first kappa shape index (κ1) is 30.5. The number of esters is 2. The Hall–Kier alpha value is -3.03. The Kier molecular flexibility index (Phi) is 10.1. The highest BCUT2D eigenvalue weighted by atomic mass is 79.9. The van der Waals surface area contributed by atoms with Gasteiger partial charge in [-0.2, -0.15) is 4.72 Å². The highest BCUT2D eigenvalue weighted by Gasteiger charge is 2.30. The van der Waals surface area contributed by atoms with Crippen LogP contribution in [0.3, 0.4) is 0 Å². The molecule has 212 valence electrons. The van der Waals surface area contributed by atoms with Gasteiger partial charge in [-0.15, -0.1) is 0 Å². The third-order valence-electron chi connectivity index (χ3n) is 5.40. The van der Waals surface area contributed by atoms with Gasteiger partial charge in [-0.1, -0.05) is 15.9 Å². The van der Waals surface area contributed by atoms with Crippen molar-refractivity contribution in [1.29, 1.82) is 0 Å². The van der Waals surface area contributed by atoms with Crippen molar-refractivity contribution in [1.82, 2.24) is 19.3 Å². The molecule has 0 amide bonds. The molecule has 3 rings (SSSR count). The summed E-state index contributed by atoms with van der Waals surface area (Å²) in [6, 6.07) is 6.67. The largest absolute Gasteiger partial charge is 0.466 e. The lowest BCUT2D eigenvalue weighted by molar-refractivity contribution is -0.156. The predicted molar refractivity (Wildman–Crippen MR) is 151 cm³/mol. The van der Waals surface area contributed by atoms with Crippen LogP contribution in [-0.2, 0) is 35.6 Å². The van der Waals surface area contributed by atoms with Crippen LogP contribution in [0.25, 0.3) is 11.0 Å². The predicted octanol–water partition coefficient (Wildman–Crippen LogP) is 3.95. The lowest BCUT2D eigenvalue weighted by Gasteiger charge is -2.25. The lowest BCUT2D eigenvalue weighted by Crippen LogP contribution is -2.48. The fourth-order valence-corrected chi connectivity index (χ4v) is 5.18. The molecular formula is C26H34BrN5O6S. The molecule has 0 saturated heterocycles. The molecule has 0 aliphatic carbocycles. The van der Waals surface area contributed by atoms with Gasteiger partial charge in [0.2, 0.25) is 10.0 Å². The molecule has 0 radical (unpaired) electrons. The number of hydrogen-bond acceptors (Lipinski definition) is 9. The number of hydrogen-bond donors (Lipinski definition) is 2. The zero-order valence-corrected chi connectivity index (χ0v) is 25.1. The summed E-state index contributed by atoms with van der Waals surface area (Å²) in [6.07, 6.45) is 2.71. The van der Waals surface area contributed by atoms with Gasteiger partial charge in [-0.25, -0.2) is 18.4 Å². The van der Waals surface area contributed by atoms with E-state index in [1.807, 2.05) is 16.8 Å². The maximum Gasteiger partial charge on any atom is 0.326 e. The minimum Gasteiger partial charge on any atom is -0.466 e. The van der Waals surface area contributed by atoms with Gasteiger partial charge in [0.25, 0.3) is 0 Å². The molecule has 2 aromatic heterocycles. The number of anilines is 1. The molecular weight excluding hydrogens is 590 g/mol. The van der Waals surface area contributed by atoms with Crippen molar-refractivity contribution < 1.29 is 27.5 Å². The Morgan fingerprint density at radius 3 is 2.46 bits per heavy atom. The Bertz CT molecular complexity index is 1420. The second kappa shape index (κ2) is 12.9. The van der Waals surface area contributed by atoms with E-state index in [9.17, 15) is 18.0 Å². The molecule has 39 heavy (non-hydrogen) atoms. The zero-order chi connectivity index (χ0) is 28.8. The summed E-state index contributed by atoms with van der Waals surface area (Å²) < 4.78 is 41.7. The summed E-state index contributed by atoms with van der Waals surface area (Å²) in [5, 5.41) is 3.80. The van der Waals surface area contributed by atoms with Crippen molar-refractivity contribution in [3.63, 3.8) is 0 Å². The standard InChI is InChI=1S/C26H34BrN5O6S/c1-6-37-22(33)8-7-14-32-15-13-20-23(29-17(2)30-24(20)32)28-16-21(25(34)38-26(3,4)5)31-39(35,36)19-11-9-18(27)10-12-19/h9-13,15,21,31H,6-8,14,16H2,1-5H3,(H,28,29,30). The molecule has 0 bridgehead atoms. The number of aromatic nitrogens is 3. The van der Waals surface area contributed by atoms with Crippen LogP contribution in [0.5, 0.6) is 0 Å². The monoisotopic (exact) mass is 623 g/mol. The molecule has 3 aromatic rings. The molecule has 2 heterocycles. The Labute approximate surface area is 236 Å². The fraction of sp³-hybridized carbons (Fsp3) is 0.462. The van der Waals surface area contributed by atoms with E-state index in [0.717, 1.165) is 4.47 Å². The average Bonchev–Trinajstić information content (AvgIpc) is 3.23. The highest BCUT2D eigenvalue weighted by Crippen LogP contribution is 2.23. The minimum absolute atomic E-state index is 0.0134. The van der Waals surface area contributed by atoms with Gasteiger partial charge in [0.15, 0.2) is 0 Å². The van der Waals surface area contributed by atoms with Crippen molar-refractivity contribution in [3.8, 4) is 0 Å². The Morgan fingerprint density at radius 2 is 1.82 bits per heavy atom. The summed E-state index contributed by atoms with van der Waals surface area (Å²) in [5.41, 5.74) is -0.170. The van der Waals surface area contributed by atoms with E-state index in [1.165, 1.54) is 12.1 Å². The maximum atomic E-state index is 13.1. The molecule has 13 heteroatoms. The van der Waals surface area contributed by atoms with Crippen LogP contribution >= 0.6 is 15.9 Å². The van der Waals surface area contributed by atoms with Gasteiger partial charge in [-0.05, 0) is 71.4 Å². The SMILES string of the molecule is CCOC(=O)CCCn1ccc2c(NCC(NS(=O)(=O)c3ccc(Br)cc3)C(=O)OC(C)(C)C)nc(C)nc21. The van der Waals surface area contributed by atoms with Crippen molar-refractivity contribution in [2.75, 3.05) is 18.5 Å². The van der Waals surface area contributed by atoms with Gasteiger partial charge in [0, 0.05) is 30.2 Å². The number of halogens is 1. The number of ether oxygens (including phenoxy) is 2. The van der Waals surface area contributed by atoms with Crippen LogP contribution in [0.15, 0.2) is 45.9 Å². The fourth-order valence-electron chi connectivity index (χ4n) is 3.73. The summed E-state index contributed by atoms with van der Waals surface area (Å²) in [7, 11) is -4.04. The van der Waals surface area contributed by atoms with Crippen LogP contribution in [0.4, 0.5) is 5.82 Å². The third-order valence-corrected chi connectivity index (χ3v) is 7.42.